The molecule has 0 aromatic heterocycles. The Kier molecular flexibility index (Phi) is 6.83. The molecule has 2 aromatic rings. The van der Waals surface area contributed by atoms with Crippen molar-refractivity contribution in [1.29, 1.82) is 0 Å². The van der Waals surface area contributed by atoms with Crippen LogP contribution in [0.15, 0.2) is 42.5 Å². The van der Waals surface area contributed by atoms with Crippen LogP contribution in [-0.2, 0) is 4.74 Å². The molecule has 1 saturated heterocycles. The molecule has 4 rings (SSSR count). The van der Waals surface area contributed by atoms with E-state index in [0.717, 1.165) is 61.2 Å². The Labute approximate surface area is 185 Å². The molecule has 0 saturated carbocycles. The zero-order valence-electron chi connectivity index (χ0n) is 18.9. The minimum absolute atomic E-state index is 0.01000. The van der Waals surface area contributed by atoms with E-state index in [1.165, 1.54) is 5.57 Å². The number of rotatable bonds is 6. The third-order valence-electron chi connectivity index (χ3n) is 5.68. The molecule has 2 aliphatic rings. The summed E-state index contributed by atoms with van der Waals surface area (Å²) >= 11 is 0. The first-order chi connectivity index (χ1) is 15.0. The van der Waals surface area contributed by atoms with E-state index in [2.05, 4.69) is 56.0 Å². The standard InChI is InChI=1S/C26H33NO4/c1-20(22-6-9-24-25(17-22)31-19-26(2,3)18-30-24)16-21-4-7-23(8-5-21)29-15-12-27-10-13-28-14-11-27/h4-9,16-17H,10-15,18-19H2,1-3H3. The van der Waals surface area contributed by atoms with E-state index >= 15 is 0 Å². The predicted octanol–water partition coefficient (Wildman–Crippen LogP) is 4.76. The van der Waals surface area contributed by atoms with Crippen LogP contribution in [0.5, 0.6) is 17.2 Å². The van der Waals surface area contributed by atoms with E-state index in [1.807, 2.05) is 18.2 Å². The first-order valence-corrected chi connectivity index (χ1v) is 11.1. The Hall–Kier alpha value is -2.50. The summed E-state index contributed by atoms with van der Waals surface area (Å²) in [4.78, 5) is 2.38. The molecule has 0 amide bonds. The van der Waals surface area contributed by atoms with Crippen LogP contribution in [0.1, 0.15) is 31.9 Å². The van der Waals surface area contributed by atoms with Gasteiger partial charge in [0.1, 0.15) is 12.4 Å². The Balaban J connectivity index is 1.35. The van der Waals surface area contributed by atoms with Crippen LogP contribution in [0.4, 0.5) is 0 Å². The van der Waals surface area contributed by atoms with Crippen molar-refractivity contribution in [3.63, 3.8) is 0 Å². The lowest BCUT2D eigenvalue weighted by atomic mass is 9.97. The van der Waals surface area contributed by atoms with Crippen molar-refractivity contribution in [1.82, 2.24) is 4.90 Å². The molecule has 166 valence electrons. The maximum Gasteiger partial charge on any atom is 0.161 e. The van der Waals surface area contributed by atoms with Crippen LogP contribution in [0, 0.1) is 5.41 Å². The summed E-state index contributed by atoms with van der Waals surface area (Å²) in [5.74, 6) is 2.54. The average molecular weight is 424 g/mol. The van der Waals surface area contributed by atoms with Gasteiger partial charge in [-0.2, -0.15) is 0 Å². The summed E-state index contributed by atoms with van der Waals surface area (Å²) in [7, 11) is 0. The molecule has 2 aromatic carbocycles. The minimum Gasteiger partial charge on any atom is -0.492 e. The molecule has 0 spiro atoms. The van der Waals surface area contributed by atoms with Crippen LogP contribution in [0.2, 0.25) is 0 Å². The van der Waals surface area contributed by atoms with E-state index in [1.54, 1.807) is 0 Å². The molecule has 5 nitrogen and oxygen atoms in total. The number of benzene rings is 2. The highest BCUT2D eigenvalue weighted by Crippen LogP contribution is 2.36. The second-order valence-electron chi connectivity index (χ2n) is 9.10. The van der Waals surface area contributed by atoms with Gasteiger partial charge >= 0.3 is 0 Å². The molecule has 0 N–H and O–H groups in total. The Bertz CT molecular complexity index is 898. The Morgan fingerprint density at radius 1 is 1.00 bits per heavy atom. The van der Waals surface area contributed by atoms with Gasteiger partial charge in [-0.05, 0) is 47.9 Å². The molecule has 2 aliphatic heterocycles. The van der Waals surface area contributed by atoms with Crippen molar-refractivity contribution in [2.75, 3.05) is 52.7 Å². The zero-order valence-corrected chi connectivity index (χ0v) is 18.9. The van der Waals surface area contributed by atoms with Gasteiger partial charge in [-0.3, -0.25) is 4.90 Å². The first kappa shape index (κ1) is 21.7. The predicted molar refractivity (Wildman–Crippen MR) is 124 cm³/mol. The van der Waals surface area contributed by atoms with Crippen molar-refractivity contribution in [2.24, 2.45) is 5.41 Å². The number of allylic oxidation sites excluding steroid dienone is 1. The summed E-state index contributed by atoms with van der Waals surface area (Å²) in [6, 6.07) is 14.4. The number of hydrogen-bond donors (Lipinski definition) is 0. The highest BCUT2D eigenvalue weighted by Gasteiger charge is 2.25. The molecule has 5 heteroatoms. The lowest BCUT2D eigenvalue weighted by molar-refractivity contribution is 0.0322. The highest BCUT2D eigenvalue weighted by atomic mass is 16.5. The topological polar surface area (TPSA) is 40.2 Å². The van der Waals surface area contributed by atoms with Gasteiger partial charge < -0.3 is 18.9 Å². The first-order valence-electron chi connectivity index (χ1n) is 11.1. The maximum atomic E-state index is 6.02. The van der Waals surface area contributed by atoms with Crippen LogP contribution in [0.3, 0.4) is 0 Å². The number of morpholine rings is 1. The molecule has 0 unspecified atom stereocenters. The fraction of sp³-hybridized carbons (Fsp3) is 0.462. The molecule has 1 fully saturated rings. The molecule has 0 bridgehead atoms. The maximum absolute atomic E-state index is 6.02. The molecule has 0 atom stereocenters. The average Bonchev–Trinajstić information content (AvgIpc) is 2.93. The van der Waals surface area contributed by atoms with E-state index in [9.17, 15) is 0 Å². The van der Waals surface area contributed by atoms with Crippen molar-refractivity contribution in [2.45, 2.75) is 20.8 Å². The van der Waals surface area contributed by atoms with Gasteiger partial charge in [0.05, 0.1) is 26.4 Å². The fourth-order valence-electron chi connectivity index (χ4n) is 3.68. The van der Waals surface area contributed by atoms with Gasteiger partial charge in [-0.1, -0.05) is 38.1 Å². The fourth-order valence-corrected chi connectivity index (χ4v) is 3.68. The summed E-state index contributed by atoms with van der Waals surface area (Å²) in [5, 5.41) is 0. The van der Waals surface area contributed by atoms with E-state index in [4.69, 9.17) is 18.9 Å². The van der Waals surface area contributed by atoms with Gasteiger partial charge in [0, 0.05) is 25.0 Å². The van der Waals surface area contributed by atoms with Gasteiger partial charge in [0.25, 0.3) is 0 Å². The lowest BCUT2D eigenvalue weighted by Crippen LogP contribution is -2.38. The minimum atomic E-state index is 0.01000. The molecule has 31 heavy (non-hydrogen) atoms. The van der Waals surface area contributed by atoms with E-state index in [0.29, 0.717) is 19.8 Å². The Morgan fingerprint density at radius 3 is 2.45 bits per heavy atom. The van der Waals surface area contributed by atoms with Crippen LogP contribution < -0.4 is 14.2 Å². The van der Waals surface area contributed by atoms with Crippen LogP contribution in [0.25, 0.3) is 11.6 Å². The highest BCUT2D eigenvalue weighted by molar-refractivity contribution is 5.81. The van der Waals surface area contributed by atoms with Gasteiger partial charge in [-0.25, -0.2) is 0 Å². The molecule has 0 aliphatic carbocycles. The van der Waals surface area contributed by atoms with Gasteiger partial charge in [-0.15, -0.1) is 0 Å². The van der Waals surface area contributed by atoms with E-state index < -0.39 is 0 Å². The summed E-state index contributed by atoms with van der Waals surface area (Å²) in [6.45, 7) is 13.0. The van der Waals surface area contributed by atoms with Crippen LogP contribution in [-0.4, -0.2) is 57.6 Å². The number of fused-ring (bicyclic) bond motifs is 1. The molecule has 2 heterocycles. The monoisotopic (exact) mass is 423 g/mol. The smallest absolute Gasteiger partial charge is 0.161 e. The van der Waals surface area contributed by atoms with Crippen molar-refractivity contribution in [3.8, 4) is 17.2 Å². The Morgan fingerprint density at radius 2 is 1.71 bits per heavy atom. The quantitative estimate of drug-likeness (QED) is 0.627. The number of hydrogen-bond acceptors (Lipinski definition) is 5. The third kappa shape index (κ3) is 6.02. The van der Waals surface area contributed by atoms with Crippen molar-refractivity contribution >= 4 is 11.6 Å². The molecular formula is C26H33NO4. The van der Waals surface area contributed by atoms with Crippen molar-refractivity contribution < 1.29 is 18.9 Å². The summed E-state index contributed by atoms with van der Waals surface area (Å²) in [6.07, 6.45) is 2.18. The second kappa shape index (κ2) is 9.75. The molecule has 0 radical (unpaired) electrons. The van der Waals surface area contributed by atoms with E-state index in [-0.39, 0.29) is 5.41 Å². The third-order valence-corrected chi connectivity index (χ3v) is 5.68. The lowest BCUT2D eigenvalue weighted by Gasteiger charge is -2.26. The zero-order chi connectivity index (χ0) is 21.7. The normalized spacial score (nSPS) is 19.0. The van der Waals surface area contributed by atoms with Gasteiger partial charge in [0.15, 0.2) is 11.5 Å². The van der Waals surface area contributed by atoms with Crippen molar-refractivity contribution in [3.05, 3.63) is 53.6 Å². The SMILES string of the molecule is CC(=Cc1ccc(OCCN2CCOCC2)cc1)c1ccc2c(c1)OCC(C)(C)CO2. The van der Waals surface area contributed by atoms with Crippen LogP contribution >= 0.6 is 0 Å². The second-order valence-corrected chi connectivity index (χ2v) is 9.10. The molecular weight excluding hydrogens is 390 g/mol. The summed E-state index contributed by atoms with van der Waals surface area (Å²) in [5.41, 5.74) is 3.46. The summed E-state index contributed by atoms with van der Waals surface area (Å²) < 4.78 is 23.2. The number of nitrogens with zero attached hydrogens (tertiary/aromatic N) is 1. The number of ether oxygens (including phenoxy) is 4. The largest absolute Gasteiger partial charge is 0.492 e. The van der Waals surface area contributed by atoms with Gasteiger partial charge in [0.2, 0.25) is 0 Å².